The van der Waals surface area contributed by atoms with E-state index in [0.717, 1.165) is 44.7 Å². The van der Waals surface area contributed by atoms with Crippen LogP contribution in [-0.4, -0.2) is 68.3 Å². The number of benzene rings is 1. The van der Waals surface area contributed by atoms with Crippen LogP contribution in [0.5, 0.6) is 0 Å². The Labute approximate surface area is 182 Å². The number of rotatable bonds is 9. The number of methoxy groups -OCH3 is 1. The summed E-state index contributed by atoms with van der Waals surface area (Å²) in [5.74, 6) is 0.0773. The molecule has 8 heteroatoms. The summed E-state index contributed by atoms with van der Waals surface area (Å²) in [5.41, 5.74) is 2.88. The molecule has 0 aliphatic carbocycles. The van der Waals surface area contributed by atoms with Crippen LogP contribution in [0.3, 0.4) is 0 Å². The molecule has 166 valence electrons. The number of carbonyl (C=O) groups excluding carboxylic acids is 1. The fourth-order valence-corrected chi connectivity index (χ4v) is 3.61. The Morgan fingerprint density at radius 1 is 1.26 bits per heavy atom. The molecule has 7 nitrogen and oxygen atoms in total. The van der Waals surface area contributed by atoms with Crippen molar-refractivity contribution >= 4 is 29.2 Å². The van der Waals surface area contributed by atoms with Crippen molar-refractivity contribution in [3.05, 3.63) is 47.4 Å². The molecule has 0 bridgehead atoms. The number of hydrogen-bond acceptors (Lipinski definition) is 7. The second-order valence-electron chi connectivity index (χ2n) is 7.93. The first-order valence-electron chi connectivity index (χ1n) is 10.5. The van der Waals surface area contributed by atoms with Gasteiger partial charge in [-0.1, -0.05) is 13.8 Å². The van der Waals surface area contributed by atoms with Gasteiger partial charge < -0.3 is 20.4 Å². The predicted octanol–water partition coefficient (Wildman–Crippen LogP) is 3.57. The SMILES string of the molecule is COCCN1CCN(c2cc(C=O)nc(Nc3ccc(F)cc3)c2C(=N)C(C)C)CC1. The molecule has 0 unspecified atom stereocenters. The van der Waals surface area contributed by atoms with Gasteiger partial charge in [0.1, 0.15) is 17.3 Å². The zero-order valence-electron chi connectivity index (χ0n) is 18.3. The lowest BCUT2D eigenvalue weighted by molar-refractivity contribution is 0.111. The van der Waals surface area contributed by atoms with Crippen LogP contribution in [0.2, 0.25) is 0 Å². The fourth-order valence-electron chi connectivity index (χ4n) is 3.61. The van der Waals surface area contributed by atoms with E-state index in [0.29, 0.717) is 35.1 Å². The van der Waals surface area contributed by atoms with Crippen molar-refractivity contribution in [1.29, 1.82) is 5.41 Å². The standard InChI is InChI=1S/C23H30FN5O2/c1-16(2)22(25)21-20(29-10-8-28(9-11-29)12-13-31-3)14-19(15-30)27-23(21)26-18-6-4-17(24)5-7-18/h4-7,14-16,25H,8-13H2,1-3H3,(H,26,27). The van der Waals surface area contributed by atoms with Crippen molar-refractivity contribution in [2.75, 3.05) is 56.7 Å². The number of aldehydes is 1. The summed E-state index contributed by atoms with van der Waals surface area (Å²) >= 11 is 0. The van der Waals surface area contributed by atoms with Crippen molar-refractivity contribution in [2.45, 2.75) is 13.8 Å². The number of anilines is 3. The fraction of sp³-hybridized carbons (Fsp3) is 0.435. The van der Waals surface area contributed by atoms with Crippen molar-refractivity contribution < 1.29 is 13.9 Å². The molecule has 3 rings (SSSR count). The largest absolute Gasteiger partial charge is 0.383 e. The Balaban J connectivity index is 1.98. The molecular weight excluding hydrogens is 397 g/mol. The van der Waals surface area contributed by atoms with Gasteiger partial charge in [0, 0.05) is 51.2 Å². The van der Waals surface area contributed by atoms with Gasteiger partial charge in [0.2, 0.25) is 0 Å². The first-order valence-corrected chi connectivity index (χ1v) is 10.5. The molecule has 31 heavy (non-hydrogen) atoms. The van der Waals surface area contributed by atoms with Gasteiger partial charge in [0.05, 0.1) is 17.9 Å². The van der Waals surface area contributed by atoms with E-state index >= 15 is 0 Å². The monoisotopic (exact) mass is 427 g/mol. The highest BCUT2D eigenvalue weighted by atomic mass is 19.1. The lowest BCUT2D eigenvalue weighted by Gasteiger charge is -2.37. The van der Waals surface area contributed by atoms with Crippen LogP contribution in [0.1, 0.15) is 29.9 Å². The summed E-state index contributed by atoms with van der Waals surface area (Å²) in [6.45, 7) is 8.80. The smallest absolute Gasteiger partial charge is 0.168 e. The molecule has 1 aromatic heterocycles. The molecule has 0 saturated carbocycles. The highest BCUT2D eigenvalue weighted by Crippen LogP contribution is 2.32. The van der Waals surface area contributed by atoms with Crippen LogP contribution in [0, 0.1) is 17.1 Å². The molecule has 2 N–H and O–H groups in total. The maximum Gasteiger partial charge on any atom is 0.168 e. The first kappa shape index (κ1) is 22.8. The summed E-state index contributed by atoms with van der Waals surface area (Å²) < 4.78 is 18.5. The van der Waals surface area contributed by atoms with Gasteiger partial charge in [0.15, 0.2) is 6.29 Å². The van der Waals surface area contributed by atoms with E-state index in [1.807, 2.05) is 13.8 Å². The van der Waals surface area contributed by atoms with Crippen LogP contribution in [0.25, 0.3) is 0 Å². The molecule has 1 aliphatic rings. The lowest BCUT2D eigenvalue weighted by atomic mass is 9.97. The number of hydrogen-bond donors (Lipinski definition) is 2. The Morgan fingerprint density at radius 2 is 1.94 bits per heavy atom. The minimum absolute atomic E-state index is 0.0283. The number of nitrogens with zero attached hydrogens (tertiary/aromatic N) is 3. The molecule has 0 amide bonds. The van der Waals surface area contributed by atoms with Gasteiger partial charge in [-0.25, -0.2) is 9.37 Å². The third kappa shape index (κ3) is 5.65. The summed E-state index contributed by atoms with van der Waals surface area (Å²) in [5, 5.41) is 12.0. The van der Waals surface area contributed by atoms with Crippen LogP contribution in [0.15, 0.2) is 30.3 Å². The zero-order valence-corrected chi connectivity index (χ0v) is 18.3. The second-order valence-corrected chi connectivity index (χ2v) is 7.93. The molecule has 1 aliphatic heterocycles. The number of piperazine rings is 1. The van der Waals surface area contributed by atoms with E-state index in [1.54, 1.807) is 25.3 Å². The molecule has 2 aromatic rings. The second kappa shape index (κ2) is 10.5. The van der Waals surface area contributed by atoms with E-state index in [9.17, 15) is 9.18 Å². The average Bonchev–Trinajstić information content (AvgIpc) is 2.78. The Kier molecular flexibility index (Phi) is 7.70. The molecule has 0 atom stereocenters. The maximum absolute atomic E-state index is 13.3. The molecule has 1 fully saturated rings. The van der Waals surface area contributed by atoms with Crippen molar-refractivity contribution in [3.8, 4) is 0 Å². The van der Waals surface area contributed by atoms with Crippen LogP contribution in [-0.2, 0) is 4.74 Å². The van der Waals surface area contributed by atoms with Crippen molar-refractivity contribution in [3.63, 3.8) is 0 Å². The normalized spacial score (nSPS) is 14.7. The number of halogens is 1. The number of ether oxygens (including phenoxy) is 1. The van der Waals surface area contributed by atoms with E-state index < -0.39 is 0 Å². The summed E-state index contributed by atoms with van der Waals surface area (Å²) in [6.07, 6.45) is 0.719. The van der Waals surface area contributed by atoms with E-state index in [2.05, 4.69) is 20.1 Å². The molecule has 0 radical (unpaired) electrons. The van der Waals surface area contributed by atoms with Crippen molar-refractivity contribution in [1.82, 2.24) is 9.88 Å². The minimum atomic E-state index is -0.331. The van der Waals surface area contributed by atoms with Gasteiger partial charge in [-0.15, -0.1) is 0 Å². The lowest BCUT2D eigenvalue weighted by Crippen LogP contribution is -2.47. The molecule has 1 aromatic carbocycles. The van der Waals surface area contributed by atoms with Crippen molar-refractivity contribution in [2.24, 2.45) is 5.92 Å². The number of pyridine rings is 1. The highest BCUT2D eigenvalue weighted by Gasteiger charge is 2.25. The minimum Gasteiger partial charge on any atom is -0.383 e. The predicted molar refractivity (Wildman–Crippen MR) is 122 cm³/mol. The average molecular weight is 428 g/mol. The summed E-state index contributed by atoms with van der Waals surface area (Å²) in [7, 11) is 1.70. The van der Waals surface area contributed by atoms with Gasteiger partial charge in [-0.2, -0.15) is 0 Å². The van der Waals surface area contributed by atoms with Gasteiger partial charge >= 0.3 is 0 Å². The summed E-state index contributed by atoms with van der Waals surface area (Å²) in [6, 6.07) is 7.71. The molecule has 0 spiro atoms. The zero-order chi connectivity index (χ0) is 22.4. The Hall–Kier alpha value is -2.84. The van der Waals surface area contributed by atoms with Gasteiger partial charge in [-0.3, -0.25) is 9.69 Å². The van der Waals surface area contributed by atoms with E-state index in [1.165, 1.54) is 12.1 Å². The molecule has 2 heterocycles. The quantitative estimate of drug-likeness (QED) is 0.470. The molecular formula is C23H30FN5O2. The molecule has 1 saturated heterocycles. The van der Waals surface area contributed by atoms with Gasteiger partial charge in [-0.05, 0) is 36.2 Å². The Morgan fingerprint density at radius 3 is 2.52 bits per heavy atom. The van der Waals surface area contributed by atoms with Gasteiger partial charge in [0.25, 0.3) is 0 Å². The van der Waals surface area contributed by atoms with Crippen LogP contribution >= 0.6 is 0 Å². The summed E-state index contributed by atoms with van der Waals surface area (Å²) in [4.78, 5) is 20.6. The topological polar surface area (TPSA) is 81.6 Å². The first-order chi connectivity index (χ1) is 14.9. The number of carbonyl (C=O) groups is 1. The third-order valence-electron chi connectivity index (χ3n) is 5.42. The van der Waals surface area contributed by atoms with E-state index in [-0.39, 0.29) is 11.7 Å². The highest BCUT2D eigenvalue weighted by molar-refractivity contribution is 6.09. The van der Waals surface area contributed by atoms with Crippen LogP contribution in [0.4, 0.5) is 21.6 Å². The number of aromatic nitrogens is 1. The third-order valence-corrected chi connectivity index (χ3v) is 5.42. The number of nitrogens with one attached hydrogen (secondary N) is 2. The maximum atomic E-state index is 13.3. The Bertz CT molecular complexity index is 909. The van der Waals surface area contributed by atoms with E-state index in [4.69, 9.17) is 10.1 Å². The van der Waals surface area contributed by atoms with Crippen LogP contribution < -0.4 is 10.2 Å².